The molecule has 2 unspecified atom stereocenters. The number of nitrogens with one attached hydrogen (secondary N) is 1. The van der Waals surface area contributed by atoms with Crippen molar-refractivity contribution in [2.45, 2.75) is 69.4 Å². The van der Waals surface area contributed by atoms with Gasteiger partial charge in [-0.05, 0) is 62.3 Å². The Morgan fingerprint density at radius 2 is 1.68 bits per heavy atom. The standard InChI is InChI=1S/C21H30N2O.ClH/c24-21(23-13-12-19-10-11-20(15-23)22-19)14-16-6-8-18(9-7-16)17-4-2-1-3-5-17;/h1-5,16,18-20,22H,6-15H2;1H. The first kappa shape index (κ1) is 18.7. The molecule has 3 aliphatic rings. The number of rotatable bonds is 3. The Morgan fingerprint density at radius 3 is 2.44 bits per heavy atom. The number of carbonyl (C=O) groups excluding carboxylic acids is 1. The molecule has 1 aliphatic carbocycles. The average molecular weight is 363 g/mol. The Kier molecular flexibility index (Phi) is 6.40. The number of carbonyl (C=O) groups is 1. The smallest absolute Gasteiger partial charge is 0.222 e. The third kappa shape index (κ3) is 4.57. The largest absolute Gasteiger partial charge is 0.341 e. The molecule has 4 heteroatoms. The van der Waals surface area contributed by atoms with Crippen molar-refractivity contribution in [3.63, 3.8) is 0 Å². The molecule has 1 amide bonds. The second-order valence-electron chi connectivity index (χ2n) is 8.10. The molecule has 2 aliphatic heterocycles. The maximum absolute atomic E-state index is 12.7. The fourth-order valence-electron chi connectivity index (χ4n) is 4.97. The summed E-state index contributed by atoms with van der Waals surface area (Å²) in [5, 5.41) is 3.67. The van der Waals surface area contributed by atoms with E-state index in [1.54, 1.807) is 0 Å². The Morgan fingerprint density at radius 1 is 0.960 bits per heavy atom. The van der Waals surface area contributed by atoms with Crippen LogP contribution in [-0.2, 0) is 4.79 Å². The number of amides is 1. The van der Waals surface area contributed by atoms with Crippen molar-refractivity contribution >= 4 is 18.3 Å². The molecule has 3 nitrogen and oxygen atoms in total. The molecule has 0 aromatic heterocycles. The zero-order valence-electron chi connectivity index (χ0n) is 15.0. The highest BCUT2D eigenvalue weighted by Crippen LogP contribution is 2.37. The summed E-state index contributed by atoms with van der Waals surface area (Å²) in [6, 6.07) is 12.1. The van der Waals surface area contributed by atoms with Crippen molar-refractivity contribution in [1.82, 2.24) is 10.2 Å². The van der Waals surface area contributed by atoms with Crippen LogP contribution in [0.25, 0.3) is 0 Å². The predicted molar refractivity (Wildman–Crippen MR) is 104 cm³/mol. The maximum atomic E-state index is 12.7. The van der Waals surface area contributed by atoms with E-state index < -0.39 is 0 Å². The van der Waals surface area contributed by atoms with E-state index in [1.165, 1.54) is 44.1 Å². The molecular formula is C21H31ClN2O. The van der Waals surface area contributed by atoms with Crippen LogP contribution in [0.4, 0.5) is 0 Å². The molecule has 1 saturated carbocycles. The van der Waals surface area contributed by atoms with E-state index in [2.05, 4.69) is 40.5 Å². The molecule has 2 atom stereocenters. The highest BCUT2D eigenvalue weighted by molar-refractivity contribution is 5.85. The van der Waals surface area contributed by atoms with Crippen molar-refractivity contribution in [3.05, 3.63) is 35.9 Å². The van der Waals surface area contributed by atoms with E-state index in [-0.39, 0.29) is 12.4 Å². The van der Waals surface area contributed by atoms with Crippen LogP contribution in [0.1, 0.15) is 62.8 Å². The van der Waals surface area contributed by atoms with Crippen LogP contribution in [0, 0.1) is 5.92 Å². The zero-order valence-corrected chi connectivity index (χ0v) is 15.8. The minimum atomic E-state index is 0. The van der Waals surface area contributed by atoms with Crippen LogP contribution in [0.5, 0.6) is 0 Å². The molecule has 4 rings (SSSR count). The average Bonchev–Trinajstić information content (AvgIpc) is 2.95. The van der Waals surface area contributed by atoms with Crippen molar-refractivity contribution in [2.75, 3.05) is 13.1 Å². The first-order valence-corrected chi connectivity index (χ1v) is 9.86. The zero-order chi connectivity index (χ0) is 16.4. The summed E-state index contributed by atoms with van der Waals surface area (Å²) in [5.74, 6) is 1.72. The number of benzene rings is 1. The Labute approximate surface area is 158 Å². The molecule has 3 fully saturated rings. The van der Waals surface area contributed by atoms with Crippen LogP contribution in [-0.4, -0.2) is 36.0 Å². The van der Waals surface area contributed by atoms with Gasteiger partial charge in [0.15, 0.2) is 0 Å². The van der Waals surface area contributed by atoms with E-state index in [1.807, 2.05) is 0 Å². The summed E-state index contributed by atoms with van der Waals surface area (Å²) >= 11 is 0. The molecule has 2 bridgehead atoms. The summed E-state index contributed by atoms with van der Waals surface area (Å²) in [4.78, 5) is 14.9. The molecule has 2 heterocycles. The molecular weight excluding hydrogens is 332 g/mol. The summed E-state index contributed by atoms with van der Waals surface area (Å²) in [6.07, 6.45) is 9.38. The second kappa shape index (κ2) is 8.55. The van der Waals surface area contributed by atoms with Crippen molar-refractivity contribution in [2.24, 2.45) is 5.92 Å². The van der Waals surface area contributed by atoms with Gasteiger partial charge < -0.3 is 10.2 Å². The van der Waals surface area contributed by atoms with Crippen LogP contribution in [0.15, 0.2) is 30.3 Å². The third-order valence-electron chi connectivity index (χ3n) is 6.46. The molecule has 1 aromatic carbocycles. The van der Waals surface area contributed by atoms with E-state index in [4.69, 9.17) is 0 Å². The van der Waals surface area contributed by atoms with E-state index in [0.717, 1.165) is 25.9 Å². The first-order chi connectivity index (χ1) is 11.8. The van der Waals surface area contributed by atoms with E-state index >= 15 is 0 Å². The van der Waals surface area contributed by atoms with Gasteiger partial charge >= 0.3 is 0 Å². The number of fused-ring (bicyclic) bond motifs is 2. The van der Waals surface area contributed by atoms with Crippen LogP contribution in [0.2, 0.25) is 0 Å². The minimum Gasteiger partial charge on any atom is -0.341 e. The summed E-state index contributed by atoms with van der Waals surface area (Å²) in [7, 11) is 0. The molecule has 138 valence electrons. The SMILES string of the molecule is Cl.O=C(CC1CCC(c2ccccc2)CC1)N1CCC2CCC(C1)N2. The molecule has 0 radical (unpaired) electrons. The van der Waals surface area contributed by atoms with Crippen molar-refractivity contribution in [1.29, 1.82) is 0 Å². The lowest BCUT2D eigenvalue weighted by Crippen LogP contribution is -2.39. The lowest BCUT2D eigenvalue weighted by atomic mass is 9.77. The highest BCUT2D eigenvalue weighted by atomic mass is 35.5. The van der Waals surface area contributed by atoms with Gasteiger partial charge in [-0.25, -0.2) is 0 Å². The molecule has 1 N–H and O–H groups in total. The van der Waals surface area contributed by atoms with Crippen molar-refractivity contribution < 1.29 is 4.79 Å². The lowest BCUT2D eigenvalue weighted by molar-refractivity contribution is -0.132. The molecule has 1 aromatic rings. The van der Waals surface area contributed by atoms with Gasteiger partial charge in [-0.15, -0.1) is 12.4 Å². The van der Waals surface area contributed by atoms with Gasteiger partial charge in [0.2, 0.25) is 5.91 Å². The second-order valence-corrected chi connectivity index (χ2v) is 8.10. The monoisotopic (exact) mass is 362 g/mol. The summed E-state index contributed by atoms with van der Waals surface area (Å²) in [6.45, 7) is 1.90. The fourth-order valence-corrected chi connectivity index (χ4v) is 4.97. The Balaban J connectivity index is 0.00000182. The quantitative estimate of drug-likeness (QED) is 0.876. The molecule has 25 heavy (non-hydrogen) atoms. The van der Waals surface area contributed by atoms with Crippen molar-refractivity contribution in [3.8, 4) is 0 Å². The Bertz CT molecular complexity index is 556. The molecule has 2 saturated heterocycles. The van der Waals surface area contributed by atoms with Crippen LogP contribution >= 0.6 is 12.4 Å². The topological polar surface area (TPSA) is 32.3 Å². The number of nitrogens with zero attached hydrogens (tertiary/aromatic N) is 1. The minimum absolute atomic E-state index is 0. The number of hydrogen-bond donors (Lipinski definition) is 1. The van der Waals surface area contributed by atoms with E-state index in [9.17, 15) is 4.79 Å². The molecule has 0 spiro atoms. The fraction of sp³-hybridized carbons (Fsp3) is 0.667. The third-order valence-corrected chi connectivity index (χ3v) is 6.46. The normalized spacial score (nSPS) is 31.9. The van der Waals surface area contributed by atoms with Crippen LogP contribution < -0.4 is 5.32 Å². The van der Waals surface area contributed by atoms with E-state index in [0.29, 0.717) is 29.8 Å². The van der Waals surface area contributed by atoms with Gasteiger partial charge in [0.05, 0.1) is 0 Å². The predicted octanol–water partition coefficient (Wildman–Crippen LogP) is 4.13. The maximum Gasteiger partial charge on any atom is 0.222 e. The number of likely N-dealkylation sites (tertiary alicyclic amines) is 1. The van der Waals surface area contributed by atoms with Gasteiger partial charge in [0.25, 0.3) is 0 Å². The number of halogens is 1. The van der Waals surface area contributed by atoms with Gasteiger partial charge in [-0.3, -0.25) is 4.79 Å². The van der Waals surface area contributed by atoms with Gasteiger partial charge in [-0.2, -0.15) is 0 Å². The summed E-state index contributed by atoms with van der Waals surface area (Å²) < 4.78 is 0. The van der Waals surface area contributed by atoms with Gasteiger partial charge in [-0.1, -0.05) is 30.3 Å². The Hall–Kier alpha value is -1.06. The summed E-state index contributed by atoms with van der Waals surface area (Å²) in [5.41, 5.74) is 1.48. The highest BCUT2D eigenvalue weighted by Gasteiger charge is 2.32. The number of hydrogen-bond acceptors (Lipinski definition) is 2. The van der Waals surface area contributed by atoms with Gasteiger partial charge in [0, 0.05) is 31.6 Å². The lowest BCUT2D eigenvalue weighted by Gasteiger charge is -2.31. The first-order valence-electron chi connectivity index (χ1n) is 9.86. The van der Waals surface area contributed by atoms with Gasteiger partial charge in [0.1, 0.15) is 0 Å². The van der Waals surface area contributed by atoms with Crippen LogP contribution in [0.3, 0.4) is 0 Å².